The molecule has 1 aromatic heterocycles. The maximum atomic E-state index is 12.0. The van der Waals surface area contributed by atoms with E-state index in [9.17, 15) is 14.7 Å². The van der Waals surface area contributed by atoms with Crippen molar-refractivity contribution in [3.05, 3.63) is 23.9 Å². The van der Waals surface area contributed by atoms with Crippen molar-refractivity contribution >= 4 is 23.3 Å². The van der Waals surface area contributed by atoms with Crippen LogP contribution in [0, 0.1) is 0 Å². The Bertz CT molecular complexity index is 652. The number of carbonyl (C=O) groups is 2. The fraction of sp³-hybridized carbons (Fsp3) is 0.308. The van der Waals surface area contributed by atoms with Crippen LogP contribution in [0.1, 0.15) is 31.3 Å². The van der Waals surface area contributed by atoms with E-state index in [4.69, 9.17) is 4.74 Å². The molecule has 0 aliphatic carbocycles. The van der Waals surface area contributed by atoms with Gasteiger partial charge in [0.15, 0.2) is 6.29 Å². The Labute approximate surface area is 109 Å². The predicted molar refractivity (Wildman–Crippen MR) is 68.4 cm³/mol. The summed E-state index contributed by atoms with van der Waals surface area (Å²) in [4.78, 5) is 22.9. The largest absolute Gasteiger partial charge is 0.508 e. The van der Waals surface area contributed by atoms with Crippen molar-refractivity contribution in [3.63, 3.8) is 0 Å². The maximum absolute atomic E-state index is 12.0. The van der Waals surface area contributed by atoms with Gasteiger partial charge in [0.25, 0.3) is 0 Å². The second-order valence-electron chi connectivity index (χ2n) is 5.10. The molecular formula is C13H14N2O4. The molecule has 1 aromatic carbocycles. The first kappa shape index (κ1) is 13.1. The lowest BCUT2D eigenvalue weighted by molar-refractivity contribution is 0.0522. The molecule has 0 unspecified atom stereocenters. The topological polar surface area (TPSA) is 81.4 Å². The van der Waals surface area contributed by atoms with E-state index in [0.717, 1.165) is 4.68 Å². The Kier molecular flexibility index (Phi) is 3.01. The molecule has 0 fully saturated rings. The number of rotatable bonds is 1. The normalized spacial score (nSPS) is 11.5. The minimum absolute atomic E-state index is 0.000612. The standard InChI is InChI=1S/C13H14N2O4/c1-13(2,3)19-12(18)15-11-5-4-8(17)6-9(11)10(7-16)14-15/h4-7,17H,1-3H3. The summed E-state index contributed by atoms with van der Waals surface area (Å²) in [5.74, 6) is -0.000612. The minimum Gasteiger partial charge on any atom is -0.508 e. The van der Waals surface area contributed by atoms with E-state index in [-0.39, 0.29) is 11.4 Å². The van der Waals surface area contributed by atoms with E-state index in [2.05, 4.69) is 5.10 Å². The molecule has 2 rings (SSSR count). The molecule has 0 radical (unpaired) electrons. The first-order valence-electron chi connectivity index (χ1n) is 5.72. The summed E-state index contributed by atoms with van der Waals surface area (Å²) in [5, 5.41) is 13.7. The number of nitrogens with zero attached hydrogens (tertiary/aromatic N) is 2. The molecule has 0 atom stereocenters. The first-order valence-corrected chi connectivity index (χ1v) is 5.72. The molecule has 6 nitrogen and oxygen atoms in total. The van der Waals surface area contributed by atoms with E-state index in [1.807, 2.05) is 0 Å². The van der Waals surface area contributed by atoms with Gasteiger partial charge < -0.3 is 9.84 Å². The molecule has 0 spiro atoms. The van der Waals surface area contributed by atoms with Crippen molar-refractivity contribution in [2.24, 2.45) is 0 Å². The Hall–Kier alpha value is -2.37. The zero-order valence-electron chi connectivity index (χ0n) is 10.9. The molecule has 0 saturated carbocycles. The summed E-state index contributed by atoms with van der Waals surface area (Å²) in [7, 11) is 0. The van der Waals surface area contributed by atoms with Gasteiger partial charge in [-0.3, -0.25) is 4.79 Å². The fourth-order valence-corrected chi connectivity index (χ4v) is 1.66. The summed E-state index contributed by atoms with van der Waals surface area (Å²) < 4.78 is 6.22. The highest BCUT2D eigenvalue weighted by atomic mass is 16.6. The van der Waals surface area contributed by atoms with Crippen LogP contribution in [0.15, 0.2) is 18.2 Å². The quantitative estimate of drug-likeness (QED) is 0.798. The molecule has 0 bridgehead atoms. The van der Waals surface area contributed by atoms with Gasteiger partial charge in [-0.15, -0.1) is 0 Å². The average molecular weight is 262 g/mol. The number of aromatic nitrogens is 2. The van der Waals surface area contributed by atoms with E-state index < -0.39 is 11.7 Å². The van der Waals surface area contributed by atoms with E-state index in [0.29, 0.717) is 17.2 Å². The highest BCUT2D eigenvalue weighted by Gasteiger charge is 2.22. The summed E-state index contributed by atoms with van der Waals surface area (Å²) in [6.45, 7) is 5.22. The van der Waals surface area contributed by atoms with Crippen LogP contribution in [0.3, 0.4) is 0 Å². The molecule has 0 saturated heterocycles. The third kappa shape index (κ3) is 2.57. The van der Waals surface area contributed by atoms with Crippen LogP contribution in [0.5, 0.6) is 5.75 Å². The number of aromatic hydroxyl groups is 1. The lowest BCUT2D eigenvalue weighted by Crippen LogP contribution is -2.27. The second-order valence-corrected chi connectivity index (χ2v) is 5.10. The van der Waals surface area contributed by atoms with Crippen LogP contribution in [0.25, 0.3) is 10.9 Å². The van der Waals surface area contributed by atoms with E-state index in [1.54, 1.807) is 20.8 Å². The minimum atomic E-state index is -0.670. The number of hydrogen-bond donors (Lipinski definition) is 1. The van der Waals surface area contributed by atoms with Crippen molar-refractivity contribution in [3.8, 4) is 5.75 Å². The smallest absolute Gasteiger partial charge is 0.435 e. The highest BCUT2D eigenvalue weighted by molar-refractivity contribution is 5.99. The van der Waals surface area contributed by atoms with Gasteiger partial charge in [0, 0.05) is 5.39 Å². The Morgan fingerprint density at radius 2 is 2.11 bits per heavy atom. The van der Waals surface area contributed by atoms with Crippen LogP contribution in [0.4, 0.5) is 4.79 Å². The van der Waals surface area contributed by atoms with Gasteiger partial charge in [0.2, 0.25) is 0 Å². The fourth-order valence-electron chi connectivity index (χ4n) is 1.66. The lowest BCUT2D eigenvalue weighted by atomic mass is 10.2. The predicted octanol–water partition coefficient (Wildman–Crippen LogP) is 2.34. The third-order valence-electron chi connectivity index (χ3n) is 2.37. The van der Waals surface area contributed by atoms with Gasteiger partial charge in [0.05, 0.1) is 5.52 Å². The van der Waals surface area contributed by atoms with Gasteiger partial charge in [-0.25, -0.2) is 4.79 Å². The lowest BCUT2D eigenvalue weighted by Gasteiger charge is -2.19. The third-order valence-corrected chi connectivity index (χ3v) is 2.37. The number of hydrogen-bond acceptors (Lipinski definition) is 5. The number of fused-ring (bicyclic) bond motifs is 1. The molecule has 0 amide bonds. The molecular weight excluding hydrogens is 248 g/mol. The number of benzene rings is 1. The van der Waals surface area contributed by atoms with E-state index >= 15 is 0 Å². The summed E-state index contributed by atoms with van der Waals surface area (Å²) in [6, 6.07) is 4.31. The van der Waals surface area contributed by atoms with Gasteiger partial charge in [0.1, 0.15) is 17.0 Å². The molecule has 1 heterocycles. The summed E-state index contributed by atoms with van der Waals surface area (Å²) in [5.41, 5.74) is -0.168. The number of phenolic OH excluding ortho intramolecular Hbond substituents is 1. The van der Waals surface area contributed by atoms with Crippen LogP contribution in [-0.2, 0) is 4.74 Å². The zero-order valence-corrected chi connectivity index (χ0v) is 10.9. The number of carbonyl (C=O) groups excluding carboxylic acids is 2. The number of aldehydes is 1. The summed E-state index contributed by atoms with van der Waals surface area (Å²) in [6.07, 6.45) is -0.140. The first-order chi connectivity index (χ1) is 8.81. The highest BCUT2D eigenvalue weighted by Crippen LogP contribution is 2.23. The second kappa shape index (κ2) is 4.38. The van der Waals surface area contributed by atoms with Gasteiger partial charge in [-0.05, 0) is 39.0 Å². The molecule has 2 aromatic rings. The van der Waals surface area contributed by atoms with Crippen LogP contribution in [-0.4, -0.2) is 32.9 Å². The van der Waals surface area contributed by atoms with Crippen molar-refractivity contribution in [1.29, 1.82) is 0 Å². The van der Waals surface area contributed by atoms with Gasteiger partial charge in [-0.1, -0.05) is 0 Å². The van der Waals surface area contributed by atoms with Crippen molar-refractivity contribution in [1.82, 2.24) is 9.78 Å². The van der Waals surface area contributed by atoms with Gasteiger partial charge in [-0.2, -0.15) is 9.78 Å². The van der Waals surface area contributed by atoms with Crippen LogP contribution >= 0.6 is 0 Å². The molecule has 0 aliphatic heterocycles. The Morgan fingerprint density at radius 3 is 2.68 bits per heavy atom. The molecule has 100 valence electrons. The molecule has 6 heteroatoms. The SMILES string of the molecule is CC(C)(C)OC(=O)n1nc(C=O)c2cc(O)ccc21. The van der Waals surface area contributed by atoms with Crippen molar-refractivity contribution < 1.29 is 19.4 Å². The number of phenols is 1. The Balaban J connectivity index is 2.55. The molecule has 1 N–H and O–H groups in total. The Morgan fingerprint density at radius 1 is 1.42 bits per heavy atom. The monoisotopic (exact) mass is 262 g/mol. The van der Waals surface area contributed by atoms with Crippen molar-refractivity contribution in [2.45, 2.75) is 26.4 Å². The molecule has 19 heavy (non-hydrogen) atoms. The molecule has 0 aliphatic rings. The average Bonchev–Trinajstić information content (AvgIpc) is 2.64. The van der Waals surface area contributed by atoms with Crippen molar-refractivity contribution in [2.75, 3.05) is 0 Å². The zero-order chi connectivity index (χ0) is 14.2. The maximum Gasteiger partial charge on any atom is 0.435 e. The summed E-state index contributed by atoms with van der Waals surface area (Å²) >= 11 is 0. The number of ether oxygens (including phenoxy) is 1. The van der Waals surface area contributed by atoms with E-state index in [1.165, 1.54) is 18.2 Å². The van der Waals surface area contributed by atoms with Crippen LogP contribution < -0.4 is 0 Å². The van der Waals surface area contributed by atoms with Crippen LogP contribution in [0.2, 0.25) is 0 Å². The van der Waals surface area contributed by atoms with Gasteiger partial charge >= 0.3 is 6.09 Å².